The van der Waals surface area contributed by atoms with Gasteiger partial charge in [0.25, 0.3) is 0 Å². The van der Waals surface area contributed by atoms with Gasteiger partial charge in [0.1, 0.15) is 0 Å². The number of hydrogen-bond donors (Lipinski definition) is 3. The van der Waals surface area contributed by atoms with Crippen molar-refractivity contribution in [3.05, 3.63) is 35.9 Å². The smallest absolute Gasteiger partial charge is 0.222 e. The molecule has 100 valence electrons. The van der Waals surface area contributed by atoms with E-state index in [1.54, 1.807) is 0 Å². The number of rotatable bonds is 7. The number of carbonyl (C=O) groups is 1. The molecule has 1 unspecified atom stereocenters. The van der Waals surface area contributed by atoms with Crippen molar-refractivity contribution in [1.82, 2.24) is 10.6 Å². The maximum atomic E-state index is 11.3. The number of carbonyl (C=O) groups excluding carboxylic acids is 1. The minimum absolute atomic E-state index is 0.0138. The molecule has 0 radical (unpaired) electrons. The summed E-state index contributed by atoms with van der Waals surface area (Å²) in [6.07, 6.45) is -0.507. The van der Waals surface area contributed by atoms with E-state index in [9.17, 15) is 9.90 Å². The van der Waals surface area contributed by atoms with Gasteiger partial charge in [0.05, 0.1) is 6.10 Å². The van der Waals surface area contributed by atoms with Crippen LogP contribution in [0.4, 0.5) is 0 Å². The third-order valence-electron chi connectivity index (χ3n) is 2.65. The van der Waals surface area contributed by atoms with Gasteiger partial charge in [0, 0.05) is 25.6 Å². The van der Waals surface area contributed by atoms with E-state index in [-0.39, 0.29) is 11.8 Å². The molecule has 0 bridgehead atoms. The van der Waals surface area contributed by atoms with Gasteiger partial charge in [-0.05, 0) is 5.56 Å². The lowest BCUT2D eigenvalue weighted by atomic mass is 10.1. The highest BCUT2D eigenvalue weighted by molar-refractivity contribution is 5.77. The van der Waals surface area contributed by atoms with E-state index in [0.29, 0.717) is 19.6 Å². The number of aliphatic hydroxyl groups is 1. The van der Waals surface area contributed by atoms with Crippen LogP contribution in [0.5, 0.6) is 0 Å². The molecular formula is C14H22N2O2. The van der Waals surface area contributed by atoms with Crippen molar-refractivity contribution in [3.8, 4) is 0 Å². The standard InChI is InChI=1S/C14H22N2O2/c1-11(2)14(18)16-9-8-15-10-13(17)12-6-4-3-5-7-12/h3-7,11,13,15,17H,8-10H2,1-2H3,(H,16,18). The van der Waals surface area contributed by atoms with Gasteiger partial charge in [-0.1, -0.05) is 44.2 Å². The molecule has 1 aromatic rings. The second kappa shape index (κ2) is 7.84. The van der Waals surface area contributed by atoms with Crippen molar-refractivity contribution in [1.29, 1.82) is 0 Å². The normalized spacial score (nSPS) is 12.4. The summed E-state index contributed by atoms with van der Waals surface area (Å²) in [5.74, 6) is 0.0697. The average Bonchev–Trinajstić information content (AvgIpc) is 2.38. The Morgan fingerprint density at radius 2 is 1.89 bits per heavy atom. The summed E-state index contributed by atoms with van der Waals surface area (Å²) in [5.41, 5.74) is 0.899. The molecule has 1 aromatic carbocycles. The van der Waals surface area contributed by atoms with E-state index in [0.717, 1.165) is 5.56 Å². The number of aliphatic hydroxyl groups excluding tert-OH is 1. The molecule has 0 spiro atoms. The minimum atomic E-state index is -0.507. The zero-order valence-corrected chi connectivity index (χ0v) is 11.0. The van der Waals surface area contributed by atoms with Gasteiger partial charge in [0.2, 0.25) is 5.91 Å². The van der Waals surface area contributed by atoms with Gasteiger partial charge < -0.3 is 15.7 Å². The summed E-state index contributed by atoms with van der Waals surface area (Å²) in [6.45, 7) is 5.45. The van der Waals surface area contributed by atoms with Gasteiger partial charge >= 0.3 is 0 Å². The van der Waals surface area contributed by atoms with Crippen molar-refractivity contribution in [3.63, 3.8) is 0 Å². The molecule has 0 heterocycles. The molecule has 1 atom stereocenters. The zero-order valence-electron chi connectivity index (χ0n) is 11.0. The van der Waals surface area contributed by atoms with E-state index in [4.69, 9.17) is 0 Å². The van der Waals surface area contributed by atoms with E-state index >= 15 is 0 Å². The molecule has 1 amide bonds. The number of nitrogens with one attached hydrogen (secondary N) is 2. The first-order chi connectivity index (χ1) is 8.61. The van der Waals surface area contributed by atoms with E-state index in [1.807, 2.05) is 44.2 Å². The second-order valence-corrected chi connectivity index (χ2v) is 4.58. The van der Waals surface area contributed by atoms with Crippen LogP contribution in [0.3, 0.4) is 0 Å². The predicted molar refractivity (Wildman–Crippen MR) is 72.1 cm³/mol. The molecule has 0 fully saturated rings. The van der Waals surface area contributed by atoms with Gasteiger partial charge in [-0.25, -0.2) is 0 Å². The number of hydrogen-bond acceptors (Lipinski definition) is 3. The quantitative estimate of drug-likeness (QED) is 0.635. The topological polar surface area (TPSA) is 61.4 Å². The second-order valence-electron chi connectivity index (χ2n) is 4.58. The van der Waals surface area contributed by atoms with Crippen LogP contribution in [-0.4, -0.2) is 30.6 Å². The molecule has 0 aliphatic rings. The highest BCUT2D eigenvalue weighted by Crippen LogP contribution is 2.09. The van der Waals surface area contributed by atoms with Crippen molar-refractivity contribution >= 4 is 5.91 Å². The Bertz CT molecular complexity index is 352. The van der Waals surface area contributed by atoms with E-state index in [1.165, 1.54) is 0 Å². The first-order valence-corrected chi connectivity index (χ1v) is 6.32. The zero-order chi connectivity index (χ0) is 13.4. The largest absolute Gasteiger partial charge is 0.387 e. The maximum Gasteiger partial charge on any atom is 0.222 e. The maximum absolute atomic E-state index is 11.3. The SMILES string of the molecule is CC(C)C(=O)NCCNCC(O)c1ccccc1. The van der Waals surface area contributed by atoms with E-state index < -0.39 is 6.10 Å². The molecule has 0 aliphatic heterocycles. The highest BCUT2D eigenvalue weighted by atomic mass is 16.3. The Kier molecular flexibility index (Phi) is 6.39. The van der Waals surface area contributed by atoms with Gasteiger partial charge in [0.15, 0.2) is 0 Å². The first kappa shape index (κ1) is 14.7. The summed E-state index contributed by atoms with van der Waals surface area (Å²) in [5, 5.41) is 15.8. The summed E-state index contributed by atoms with van der Waals surface area (Å²) in [7, 11) is 0. The van der Waals surface area contributed by atoms with Crippen LogP contribution in [0.15, 0.2) is 30.3 Å². The Morgan fingerprint density at radius 1 is 1.22 bits per heavy atom. The third kappa shape index (κ3) is 5.29. The van der Waals surface area contributed by atoms with Gasteiger partial charge in [-0.2, -0.15) is 0 Å². The number of benzene rings is 1. The molecule has 3 N–H and O–H groups in total. The summed E-state index contributed by atoms with van der Waals surface area (Å²) >= 11 is 0. The minimum Gasteiger partial charge on any atom is -0.387 e. The van der Waals surface area contributed by atoms with Gasteiger partial charge in [-0.3, -0.25) is 4.79 Å². The van der Waals surface area contributed by atoms with Crippen molar-refractivity contribution in [2.45, 2.75) is 20.0 Å². The van der Waals surface area contributed by atoms with Crippen LogP contribution in [0, 0.1) is 5.92 Å². The number of amides is 1. The van der Waals surface area contributed by atoms with Crippen LogP contribution < -0.4 is 10.6 Å². The molecule has 1 rings (SSSR count). The van der Waals surface area contributed by atoms with Crippen LogP contribution in [0.25, 0.3) is 0 Å². The van der Waals surface area contributed by atoms with E-state index in [2.05, 4.69) is 10.6 Å². The Hall–Kier alpha value is -1.39. The molecule has 0 aromatic heterocycles. The monoisotopic (exact) mass is 250 g/mol. The fourth-order valence-corrected chi connectivity index (χ4v) is 1.51. The fraction of sp³-hybridized carbons (Fsp3) is 0.500. The summed E-state index contributed by atoms with van der Waals surface area (Å²) in [6, 6.07) is 9.52. The molecule has 0 saturated heterocycles. The lowest BCUT2D eigenvalue weighted by Gasteiger charge is -2.13. The van der Waals surface area contributed by atoms with Crippen molar-refractivity contribution < 1.29 is 9.90 Å². The average molecular weight is 250 g/mol. The van der Waals surface area contributed by atoms with Crippen LogP contribution in [-0.2, 0) is 4.79 Å². The fourth-order valence-electron chi connectivity index (χ4n) is 1.51. The molecule has 18 heavy (non-hydrogen) atoms. The third-order valence-corrected chi connectivity index (χ3v) is 2.65. The molecule has 0 saturated carbocycles. The summed E-state index contributed by atoms with van der Waals surface area (Å²) < 4.78 is 0. The molecule has 4 heteroatoms. The van der Waals surface area contributed by atoms with Crippen LogP contribution in [0.1, 0.15) is 25.5 Å². The molecular weight excluding hydrogens is 228 g/mol. The van der Waals surface area contributed by atoms with Crippen LogP contribution >= 0.6 is 0 Å². The van der Waals surface area contributed by atoms with Crippen molar-refractivity contribution in [2.24, 2.45) is 5.92 Å². The first-order valence-electron chi connectivity index (χ1n) is 6.32. The predicted octanol–water partition coefficient (Wildman–Crippen LogP) is 1.08. The van der Waals surface area contributed by atoms with Crippen LogP contribution in [0.2, 0.25) is 0 Å². The molecule has 0 aliphatic carbocycles. The Labute approximate surface area is 108 Å². The van der Waals surface area contributed by atoms with Gasteiger partial charge in [-0.15, -0.1) is 0 Å². The Balaban J connectivity index is 2.13. The Morgan fingerprint density at radius 3 is 2.50 bits per heavy atom. The summed E-state index contributed by atoms with van der Waals surface area (Å²) in [4.78, 5) is 11.3. The highest BCUT2D eigenvalue weighted by Gasteiger charge is 2.07. The lowest BCUT2D eigenvalue weighted by molar-refractivity contribution is -0.123. The molecule has 4 nitrogen and oxygen atoms in total. The van der Waals surface area contributed by atoms with Crippen molar-refractivity contribution in [2.75, 3.05) is 19.6 Å². The lowest BCUT2D eigenvalue weighted by Crippen LogP contribution is -2.35.